The van der Waals surface area contributed by atoms with Crippen molar-refractivity contribution in [3.05, 3.63) is 23.3 Å². The van der Waals surface area contributed by atoms with E-state index in [1.807, 2.05) is 5.32 Å². The summed E-state index contributed by atoms with van der Waals surface area (Å²) in [4.78, 5) is 40.4. The third-order valence-electron chi connectivity index (χ3n) is 6.34. The van der Waals surface area contributed by atoms with Crippen molar-refractivity contribution in [1.29, 1.82) is 0 Å². The van der Waals surface area contributed by atoms with Crippen LogP contribution in [0.4, 0.5) is 27.6 Å². The number of carbonyl (C=O) groups excluding carboxylic acids is 3. The molecule has 0 radical (unpaired) electrons. The molecular formula is C24H31F5N4O4. The normalized spacial score (nSPS) is 19.5. The summed E-state index contributed by atoms with van der Waals surface area (Å²) in [6.45, 7) is 6.60. The van der Waals surface area contributed by atoms with Gasteiger partial charge in [-0.25, -0.2) is 0 Å². The first-order valence-corrected chi connectivity index (χ1v) is 12.0. The van der Waals surface area contributed by atoms with Gasteiger partial charge in [-0.05, 0) is 59.2 Å². The Morgan fingerprint density at radius 1 is 1.27 bits per heavy atom. The van der Waals surface area contributed by atoms with Crippen LogP contribution in [-0.2, 0) is 15.8 Å². The zero-order valence-corrected chi connectivity index (χ0v) is 21.0. The van der Waals surface area contributed by atoms with E-state index in [4.69, 9.17) is 4.74 Å². The van der Waals surface area contributed by atoms with Crippen LogP contribution in [0.3, 0.4) is 0 Å². The molecule has 2 heterocycles. The highest BCUT2D eigenvalue weighted by Crippen LogP contribution is 2.44. The summed E-state index contributed by atoms with van der Waals surface area (Å²) in [6.07, 6.45) is -6.79. The third-order valence-corrected chi connectivity index (χ3v) is 6.34. The van der Waals surface area contributed by atoms with Crippen LogP contribution in [-0.4, -0.2) is 72.9 Å². The molecule has 1 saturated heterocycles. The first kappa shape index (κ1) is 28.6. The number of nitrogens with zero attached hydrogens (tertiary/aromatic N) is 2. The third kappa shape index (κ3) is 6.13. The van der Waals surface area contributed by atoms with Gasteiger partial charge < -0.3 is 25.2 Å². The summed E-state index contributed by atoms with van der Waals surface area (Å²) in [7, 11) is 0. The molecule has 1 aromatic rings. The van der Waals surface area contributed by atoms with E-state index in [1.54, 1.807) is 13.8 Å². The Hall–Kier alpha value is -2.96. The zero-order valence-electron chi connectivity index (χ0n) is 21.0. The topological polar surface area (TPSA) is 91.0 Å². The quantitative estimate of drug-likeness (QED) is 0.525. The molecule has 13 heteroatoms. The molecule has 8 nitrogen and oxygen atoms in total. The summed E-state index contributed by atoms with van der Waals surface area (Å²) in [5, 5.41) is 5.13. The van der Waals surface area contributed by atoms with Gasteiger partial charge in [0.25, 0.3) is 17.7 Å². The number of ether oxygens (including phenoxy) is 1. The fourth-order valence-electron chi connectivity index (χ4n) is 4.65. The monoisotopic (exact) mass is 534 g/mol. The van der Waals surface area contributed by atoms with Crippen LogP contribution >= 0.6 is 0 Å². The molecule has 3 amide bonds. The lowest BCUT2D eigenvalue weighted by atomic mass is 9.97. The molecule has 1 aromatic carbocycles. The number of anilines is 1. The predicted octanol–water partition coefficient (Wildman–Crippen LogP) is 3.19. The molecule has 1 fully saturated rings. The Balaban J connectivity index is 2.08. The molecule has 0 bridgehead atoms. The number of amides is 3. The molecule has 37 heavy (non-hydrogen) atoms. The average Bonchev–Trinajstić information content (AvgIpc) is 2.80. The number of piperidine rings is 1. The van der Waals surface area contributed by atoms with Crippen molar-refractivity contribution in [2.45, 2.75) is 70.8 Å². The van der Waals surface area contributed by atoms with Gasteiger partial charge >= 0.3 is 12.6 Å². The maximum absolute atomic E-state index is 14.2. The number of fused-ring (bicyclic) bond motifs is 1. The number of rotatable bonds is 7. The van der Waals surface area contributed by atoms with Gasteiger partial charge in [0.2, 0.25) is 0 Å². The molecule has 0 spiro atoms. The van der Waals surface area contributed by atoms with Gasteiger partial charge in [-0.3, -0.25) is 14.4 Å². The van der Waals surface area contributed by atoms with E-state index in [-0.39, 0.29) is 30.6 Å². The Kier molecular flexibility index (Phi) is 8.35. The lowest BCUT2D eigenvalue weighted by Crippen LogP contribution is -2.54. The Morgan fingerprint density at radius 2 is 1.95 bits per heavy atom. The molecule has 2 aliphatic heterocycles. The van der Waals surface area contributed by atoms with Gasteiger partial charge in [-0.2, -0.15) is 22.0 Å². The first-order chi connectivity index (χ1) is 17.1. The predicted molar refractivity (Wildman–Crippen MR) is 125 cm³/mol. The Morgan fingerprint density at radius 3 is 2.49 bits per heavy atom. The minimum Gasteiger partial charge on any atom is -0.476 e. The minimum atomic E-state index is -4.90. The molecule has 2 aliphatic rings. The van der Waals surface area contributed by atoms with Gasteiger partial charge in [0, 0.05) is 31.7 Å². The van der Waals surface area contributed by atoms with Crippen molar-refractivity contribution in [3.8, 4) is 5.75 Å². The number of hydrogen-bond acceptors (Lipinski definition) is 5. The SMILES string of the molecule is CC(C)N(C(=O)c1cc2c(cc1C(F)(F)F)OC(C)(C)C(=O)N2CCNC(=O)C(F)F)C1CCCNC1. The van der Waals surface area contributed by atoms with Gasteiger partial charge in [0.05, 0.1) is 16.8 Å². The molecular weight excluding hydrogens is 503 g/mol. The smallest absolute Gasteiger partial charge is 0.417 e. The molecule has 1 atom stereocenters. The van der Waals surface area contributed by atoms with Crippen molar-refractivity contribution in [2.24, 2.45) is 0 Å². The van der Waals surface area contributed by atoms with Gasteiger partial charge in [-0.1, -0.05) is 0 Å². The fourth-order valence-corrected chi connectivity index (χ4v) is 4.65. The molecule has 1 unspecified atom stereocenters. The zero-order chi connectivity index (χ0) is 27.7. The summed E-state index contributed by atoms with van der Waals surface area (Å²) < 4.78 is 73.3. The fraction of sp³-hybridized carbons (Fsp3) is 0.625. The standard InChI is InChI=1S/C24H31F5N4O4/c1-13(2)33(14-6-5-7-30-12-14)21(35)15-10-17-18(11-16(15)24(27,28)29)37-23(3,4)22(36)32(17)9-8-31-20(34)19(25)26/h10-11,13-14,19,30H,5-9,12H2,1-4H3,(H,31,34). The van der Waals surface area contributed by atoms with Crippen LogP contribution in [0.25, 0.3) is 0 Å². The van der Waals surface area contributed by atoms with E-state index in [9.17, 15) is 36.3 Å². The summed E-state index contributed by atoms with van der Waals surface area (Å²) in [6, 6.07) is 0.927. The van der Waals surface area contributed by atoms with Crippen molar-refractivity contribution in [2.75, 3.05) is 31.1 Å². The van der Waals surface area contributed by atoms with Crippen LogP contribution in [0.1, 0.15) is 56.5 Å². The molecule has 2 N–H and O–H groups in total. The van der Waals surface area contributed by atoms with E-state index in [1.165, 1.54) is 18.7 Å². The summed E-state index contributed by atoms with van der Waals surface area (Å²) >= 11 is 0. The van der Waals surface area contributed by atoms with Gasteiger partial charge in [-0.15, -0.1) is 0 Å². The molecule has 0 aromatic heterocycles. The highest BCUT2D eigenvalue weighted by molar-refractivity contribution is 6.05. The summed E-state index contributed by atoms with van der Waals surface area (Å²) in [5.74, 6) is -3.34. The Labute approximate surface area is 211 Å². The van der Waals surface area contributed by atoms with Crippen LogP contribution < -0.4 is 20.3 Å². The van der Waals surface area contributed by atoms with Crippen molar-refractivity contribution in [3.63, 3.8) is 0 Å². The first-order valence-electron chi connectivity index (χ1n) is 12.0. The number of nitrogens with one attached hydrogen (secondary N) is 2. The minimum absolute atomic E-state index is 0.113. The van der Waals surface area contributed by atoms with Crippen LogP contribution in [0, 0.1) is 0 Å². The number of alkyl halides is 5. The van der Waals surface area contributed by atoms with E-state index in [0.29, 0.717) is 19.0 Å². The molecule has 3 rings (SSSR count). The Bertz CT molecular complexity index is 1040. The number of carbonyl (C=O) groups is 3. The van der Waals surface area contributed by atoms with Gasteiger partial charge in [0.1, 0.15) is 5.75 Å². The highest BCUT2D eigenvalue weighted by Gasteiger charge is 2.45. The van der Waals surface area contributed by atoms with Crippen molar-refractivity contribution < 1.29 is 41.1 Å². The van der Waals surface area contributed by atoms with Crippen molar-refractivity contribution >= 4 is 23.4 Å². The second-order valence-corrected chi connectivity index (χ2v) is 9.83. The van der Waals surface area contributed by atoms with Crippen molar-refractivity contribution in [1.82, 2.24) is 15.5 Å². The second-order valence-electron chi connectivity index (χ2n) is 9.83. The van der Waals surface area contributed by atoms with E-state index in [0.717, 1.165) is 23.9 Å². The largest absolute Gasteiger partial charge is 0.476 e. The maximum atomic E-state index is 14.2. The second kappa shape index (κ2) is 10.8. The lowest BCUT2D eigenvalue weighted by Gasteiger charge is -2.40. The molecule has 0 saturated carbocycles. The maximum Gasteiger partial charge on any atom is 0.417 e. The van der Waals surface area contributed by atoms with Crippen LogP contribution in [0.5, 0.6) is 5.75 Å². The lowest BCUT2D eigenvalue weighted by molar-refractivity contribution is -0.138. The number of benzene rings is 1. The van der Waals surface area contributed by atoms with E-state index < -0.39 is 53.1 Å². The van der Waals surface area contributed by atoms with Crippen LogP contribution in [0.2, 0.25) is 0 Å². The van der Waals surface area contributed by atoms with Gasteiger partial charge in [0.15, 0.2) is 5.60 Å². The summed E-state index contributed by atoms with van der Waals surface area (Å²) in [5.41, 5.74) is -3.55. The molecule has 0 aliphatic carbocycles. The average molecular weight is 535 g/mol. The van der Waals surface area contributed by atoms with E-state index >= 15 is 0 Å². The number of hydrogen-bond donors (Lipinski definition) is 2. The number of halogens is 5. The van der Waals surface area contributed by atoms with Crippen LogP contribution in [0.15, 0.2) is 12.1 Å². The van der Waals surface area contributed by atoms with E-state index in [2.05, 4.69) is 5.32 Å². The molecule has 206 valence electrons. The highest BCUT2D eigenvalue weighted by atomic mass is 19.4.